The van der Waals surface area contributed by atoms with E-state index in [2.05, 4.69) is 92.3 Å². The molecule has 0 unspecified atom stereocenters. The van der Waals surface area contributed by atoms with Crippen molar-refractivity contribution >= 4 is 109 Å². The Kier molecular flexibility index (Phi) is 26.2. The van der Waals surface area contributed by atoms with Gasteiger partial charge in [0.1, 0.15) is 50.9 Å². The zero-order valence-electron chi connectivity index (χ0n) is 61.2. The number of aryl methyl sites for hydroxylation is 8. The number of carboxylic acids is 1. The molecule has 0 radical (unpaired) electrons. The number of carboxylic acid groups (broad SMARTS) is 1. The van der Waals surface area contributed by atoms with Crippen molar-refractivity contribution in [3.8, 4) is 56.8 Å². The molecule has 8 aromatic heterocycles. The Bertz CT molecular complexity index is 5030. The van der Waals surface area contributed by atoms with Gasteiger partial charge in [-0.3, -0.25) is 9.59 Å². The summed E-state index contributed by atoms with van der Waals surface area (Å²) in [6.45, 7) is 30.3. The van der Waals surface area contributed by atoms with Gasteiger partial charge in [0.2, 0.25) is 11.6 Å². The minimum Gasteiger partial charge on any atom is -0.478 e. The summed E-state index contributed by atoms with van der Waals surface area (Å²) in [4.78, 5) is 74.3. The number of esters is 1. The van der Waals surface area contributed by atoms with Crippen LogP contribution in [0.2, 0.25) is 0 Å². The van der Waals surface area contributed by atoms with Crippen molar-refractivity contribution in [3.63, 3.8) is 0 Å². The summed E-state index contributed by atoms with van der Waals surface area (Å²) in [6.07, 6.45) is 0. The molecule has 0 atom stereocenters. The average molecular weight is 1600 g/mol. The van der Waals surface area contributed by atoms with E-state index in [1.807, 2.05) is 105 Å². The SMILES string of the molecule is COC(=O)c1cc(B2OC(C)(C)C(C)(C)O2)c(C)cc1F.Cc1nc(-c2cc(C(=O)Nc3cccc(-c4nnnn4C(C)C)n3)c(F)cc2C)cs1.Cc1nc(-c2cc(C(=O)Nc3cccc(-c4nnnn4C(C)C)n3)c(F)cc2C)cs1.Cc1nc(-c2cc(C(=O)O)c(F)cc2C)cs1.Cc1nc(Br)cs1. The molecule has 12 aromatic rings. The van der Waals surface area contributed by atoms with Crippen LogP contribution in [0.1, 0.15) is 151 Å². The molecular formula is C73H74BBrF4N16O8S4. The lowest BCUT2D eigenvalue weighted by molar-refractivity contribution is 0.00578. The summed E-state index contributed by atoms with van der Waals surface area (Å²) in [6, 6.07) is 21.3. The zero-order valence-corrected chi connectivity index (χ0v) is 66.1. The summed E-state index contributed by atoms with van der Waals surface area (Å²) in [7, 11) is 0.579. The van der Waals surface area contributed by atoms with E-state index in [1.54, 1.807) is 84.8 Å². The van der Waals surface area contributed by atoms with Gasteiger partial charge in [0.15, 0.2) is 0 Å². The minimum atomic E-state index is -1.27. The molecule has 34 heteroatoms. The summed E-state index contributed by atoms with van der Waals surface area (Å²) >= 11 is 9.35. The predicted molar refractivity (Wildman–Crippen MR) is 409 cm³/mol. The molecular weight excluding hydrogens is 1520 g/mol. The van der Waals surface area contributed by atoms with Crippen molar-refractivity contribution in [1.82, 2.24) is 70.3 Å². The molecule has 9 heterocycles. The van der Waals surface area contributed by atoms with Crippen molar-refractivity contribution < 1.29 is 55.9 Å². The lowest BCUT2D eigenvalue weighted by Crippen LogP contribution is -2.41. The molecule has 4 aromatic carbocycles. The predicted octanol–water partition coefficient (Wildman–Crippen LogP) is 16.6. The molecule has 1 aliphatic heterocycles. The van der Waals surface area contributed by atoms with E-state index in [0.29, 0.717) is 73.1 Å². The van der Waals surface area contributed by atoms with E-state index >= 15 is 0 Å². The van der Waals surface area contributed by atoms with E-state index in [9.17, 15) is 36.7 Å². The molecule has 24 nitrogen and oxygen atoms in total. The topological polar surface area (TPSA) is 305 Å². The van der Waals surface area contributed by atoms with Gasteiger partial charge >= 0.3 is 19.1 Å². The number of tetrazole rings is 2. The summed E-state index contributed by atoms with van der Waals surface area (Å²) in [5.41, 5.74) is 7.02. The normalized spacial score (nSPS) is 12.6. The number of pyridine rings is 2. The number of hydrogen-bond donors (Lipinski definition) is 3. The van der Waals surface area contributed by atoms with Crippen LogP contribution >= 0.6 is 61.3 Å². The van der Waals surface area contributed by atoms with Crippen LogP contribution in [-0.2, 0) is 14.0 Å². The van der Waals surface area contributed by atoms with Crippen molar-refractivity contribution in [2.24, 2.45) is 0 Å². The average Bonchev–Trinajstić information content (AvgIpc) is 1.59. The molecule has 0 saturated carbocycles. The number of thiazole rings is 4. The Morgan fingerprint density at radius 2 is 0.869 bits per heavy atom. The number of amides is 2. The molecule has 1 fully saturated rings. The van der Waals surface area contributed by atoms with Gasteiger partial charge in [0.25, 0.3) is 11.8 Å². The van der Waals surface area contributed by atoms with Crippen LogP contribution in [0.4, 0.5) is 29.2 Å². The van der Waals surface area contributed by atoms with E-state index < -0.39 is 65.3 Å². The van der Waals surface area contributed by atoms with Crippen LogP contribution in [-0.4, -0.2) is 125 Å². The maximum Gasteiger partial charge on any atom is 0.495 e. The first-order chi connectivity index (χ1) is 50.5. The number of halogens is 5. The number of rotatable bonds is 14. The molecule has 1 saturated heterocycles. The maximum atomic E-state index is 14.6. The number of nitrogens with zero attached hydrogens (tertiary/aromatic N) is 14. The minimum absolute atomic E-state index is 0.0412. The lowest BCUT2D eigenvalue weighted by Gasteiger charge is -2.32. The Balaban J connectivity index is 0.000000163. The Morgan fingerprint density at radius 1 is 0.505 bits per heavy atom. The Morgan fingerprint density at radius 3 is 1.21 bits per heavy atom. The zero-order chi connectivity index (χ0) is 78.1. The Hall–Kier alpha value is -10.1. The van der Waals surface area contributed by atoms with Crippen LogP contribution in [0, 0.1) is 78.7 Å². The molecule has 0 spiro atoms. The fourth-order valence-corrected chi connectivity index (χ4v) is 13.4. The third-order valence-corrected chi connectivity index (χ3v) is 20.4. The molecule has 13 rings (SSSR count). The summed E-state index contributed by atoms with van der Waals surface area (Å²) in [5.74, 6) is -4.22. The lowest BCUT2D eigenvalue weighted by atomic mass is 9.75. The summed E-state index contributed by atoms with van der Waals surface area (Å²) in [5, 5.41) is 48.9. The quantitative estimate of drug-likeness (QED) is 0.0517. The fraction of sp³-hybridized carbons (Fsp3) is 0.288. The van der Waals surface area contributed by atoms with Gasteiger partial charge in [0.05, 0.1) is 89.8 Å². The van der Waals surface area contributed by atoms with Crippen molar-refractivity contribution in [1.29, 1.82) is 0 Å². The fourth-order valence-electron chi connectivity index (χ4n) is 10.4. The highest BCUT2D eigenvalue weighted by Crippen LogP contribution is 2.38. The molecule has 107 heavy (non-hydrogen) atoms. The third kappa shape index (κ3) is 19.8. The van der Waals surface area contributed by atoms with Crippen molar-refractivity contribution in [2.75, 3.05) is 17.7 Å². The second-order valence-corrected chi connectivity index (χ2v) is 30.8. The summed E-state index contributed by atoms with van der Waals surface area (Å²) < 4.78 is 77.2. The second kappa shape index (κ2) is 34.6. The highest BCUT2D eigenvalue weighted by atomic mass is 79.9. The van der Waals surface area contributed by atoms with E-state index in [1.165, 1.54) is 89.7 Å². The molecule has 3 N–H and O–H groups in total. The van der Waals surface area contributed by atoms with Gasteiger partial charge in [-0.1, -0.05) is 12.1 Å². The van der Waals surface area contributed by atoms with E-state index in [4.69, 9.17) is 14.4 Å². The first-order valence-electron chi connectivity index (χ1n) is 32.9. The molecule has 556 valence electrons. The van der Waals surface area contributed by atoms with Gasteiger partial charge in [-0.25, -0.2) is 66.4 Å². The number of ether oxygens (including phenoxy) is 1. The number of benzene rings is 4. The number of carbonyl (C=O) groups excluding carboxylic acids is 3. The van der Waals surface area contributed by atoms with Gasteiger partial charge < -0.3 is 29.8 Å². The number of nitrogens with one attached hydrogen (secondary N) is 2. The van der Waals surface area contributed by atoms with Gasteiger partial charge in [-0.15, -0.1) is 55.5 Å². The van der Waals surface area contributed by atoms with Crippen LogP contribution in [0.5, 0.6) is 0 Å². The van der Waals surface area contributed by atoms with Crippen LogP contribution in [0.15, 0.2) is 111 Å². The van der Waals surface area contributed by atoms with E-state index in [-0.39, 0.29) is 46.0 Å². The van der Waals surface area contributed by atoms with Gasteiger partial charge in [0, 0.05) is 38.2 Å². The standard InChI is InChI=1S/2C21H20FN7OS.C15H20BFO4.C12H10FNO2S.C4H4BrNS/c2*1-11(2)29-20(26-27-28-29)17-6-5-7-19(24-17)25-21(30)15-9-14(12(3)8-16(15)22)18-10-31-13(4)23-18;1-9-7-12(17)10(13(18)19-6)8-11(9)16-20-14(2,3)15(4,5)21-16;1-6-3-10(13)9(12(15)16)4-8(6)11-5-17-7(2)14-11;1-3-6-4(5)2-7-3/h2*5-11H,1-4H3,(H,24,25,30);7-8H,1-6H3;3-5H,1-2H3,(H,15,16);2H,1H3. The molecule has 1 aliphatic rings. The molecule has 0 aliphatic carbocycles. The number of anilines is 2. The van der Waals surface area contributed by atoms with Crippen LogP contribution < -0.4 is 16.1 Å². The smallest absolute Gasteiger partial charge is 0.478 e. The maximum absolute atomic E-state index is 14.6. The number of hydrogen-bond acceptors (Lipinski definition) is 23. The van der Waals surface area contributed by atoms with Gasteiger partial charge in [-0.2, -0.15) is 0 Å². The van der Waals surface area contributed by atoms with E-state index in [0.717, 1.165) is 36.0 Å². The number of carbonyl (C=O) groups is 4. The monoisotopic (exact) mass is 1600 g/mol. The van der Waals surface area contributed by atoms with Crippen LogP contribution in [0.3, 0.4) is 0 Å². The number of methoxy groups -OCH3 is 1. The van der Waals surface area contributed by atoms with Crippen LogP contribution in [0.25, 0.3) is 56.8 Å². The highest BCUT2D eigenvalue weighted by molar-refractivity contribution is 9.10. The first kappa shape index (κ1) is 81.0. The highest BCUT2D eigenvalue weighted by Gasteiger charge is 2.52. The Labute approximate surface area is 638 Å². The van der Waals surface area contributed by atoms with Crippen molar-refractivity contribution in [3.05, 3.63) is 199 Å². The second-order valence-electron chi connectivity index (χ2n) is 25.8. The number of aromatic nitrogens is 14. The largest absolute Gasteiger partial charge is 0.495 e. The van der Waals surface area contributed by atoms with Gasteiger partial charge in [-0.05, 0) is 248 Å². The third-order valence-electron chi connectivity index (χ3n) is 16.6. The number of aromatic carboxylic acids is 1. The first-order valence-corrected chi connectivity index (χ1v) is 37.2. The molecule has 2 amide bonds. The van der Waals surface area contributed by atoms with Crippen molar-refractivity contribution in [2.45, 2.75) is 134 Å². The molecule has 0 bridgehead atoms.